The van der Waals surface area contributed by atoms with Crippen LogP contribution >= 0.6 is 0 Å². The van der Waals surface area contributed by atoms with E-state index in [9.17, 15) is 27.6 Å². The SMILES string of the molecule is CC(C)(C)OC(=O)N1CCC(S(=O)(=O)C2(CN3CCn4c(ccc(C(=O)O)c4=O)C3=O)CC2)C1. The number of pyridine rings is 1. The Balaban J connectivity index is 1.48. The second-order valence-electron chi connectivity index (χ2n) is 10.2. The van der Waals surface area contributed by atoms with Gasteiger partial charge in [-0.1, -0.05) is 0 Å². The number of aromatic nitrogens is 1. The number of rotatable bonds is 5. The van der Waals surface area contributed by atoms with E-state index < -0.39 is 54.5 Å². The van der Waals surface area contributed by atoms with Gasteiger partial charge in [-0.2, -0.15) is 0 Å². The molecule has 186 valence electrons. The quantitative estimate of drug-likeness (QED) is 0.636. The summed E-state index contributed by atoms with van der Waals surface area (Å²) in [7, 11) is -3.65. The lowest BCUT2D eigenvalue weighted by Gasteiger charge is -2.33. The summed E-state index contributed by atoms with van der Waals surface area (Å²) < 4.78 is 32.5. The highest BCUT2D eigenvalue weighted by Gasteiger charge is 2.59. The highest BCUT2D eigenvalue weighted by molar-refractivity contribution is 7.93. The number of carbonyl (C=O) groups excluding carboxylic acids is 2. The van der Waals surface area contributed by atoms with Gasteiger partial charge in [0.05, 0.1) is 10.00 Å². The van der Waals surface area contributed by atoms with Crippen LogP contribution in [-0.2, 0) is 21.1 Å². The molecule has 0 aromatic carbocycles. The fourth-order valence-electron chi connectivity index (χ4n) is 4.63. The number of hydrogen-bond donors (Lipinski definition) is 1. The van der Waals surface area contributed by atoms with Crippen molar-refractivity contribution in [3.8, 4) is 0 Å². The Morgan fingerprint density at radius 3 is 2.41 bits per heavy atom. The van der Waals surface area contributed by atoms with E-state index in [4.69, 9.17) is 9.84 Å². The largest absolute Gasteiger partial charge is 0.477 e. The standard InChI is InChI=1S/C22H29N3O8S/c1-21(2,3)33-20(30)23-9-6-14(12-23)34(31,32)22(7-8-22)13-24-10-11-25-16(18(24)27)5-4-15(17(25)26)19(28)29/h4-5,14H,6-13H2,1-3H3,(H,28,29). The summed E-state index contributed by atoms with van der Waals surface area (Å²) in [6.45, 7) is 5.80. The average molecular weight is 496 g/mol. The molecule has 3 aliphatic rings. The van der Waals surface area contributed by atoms with Gasteiger partial charge in [0.25, 0.3) is 11.5 Å². The van der Waals surface area contributed by atoms with Crippen molar-refractivity contribution >= 4 is 27.8 Å². The summed E-state index contributed by atoms with van der Waals surface area (Å²) in [4.78, 5) is 51.8. The van der Waals surface area contributed by atoms with Crippen molar-refractivity contribution in [3.63, 3.8) is 0 Å². The molecule has 1 saturated heterocycles. The molecular formula is C22H29N3O8S. The molecule has 1 N–H and O–H groups in total. The molecule has 12 heteroatoms. The van der Waals surface area contributed by atoms with Crippen LogP contribution in [0.3, 0.4) is 0 Å². The molecule has 4 rings (SSSR count). The Morgan fingerprint density at radius 1 is 1.15 bits per heavy atom. The Hall–Kier alpha value is -2.89. The Morgan fingerprint density at radius 2 is 1.82 bits per heavy atom. The van der Waals surface area contributed by atoms with E-state index in [0.717, 1.165) is 10.6 Å². The van der Waals surface area contributed by atoms with E-state index in [1.54, 1.807) is 20.8 Å². The molecule has 1 saturated carbocycles. The van der Waals surface area contributed by atoms with Crippen LogP contribution in [0.4, 0.5) is 4.79 Å². The van der Waals surface area contributed by atoms with Crippen LogP contribution < -0.4 is 5.56 Å². The maximum Gasteiger partial charge on any atom is 0.410 e. The summed E-state index contributed by atoms with van der Waals surface area (Å²) in [5.41, 5.74) is -1.79. The van der Waals surface area contributed by atoms with Crippen LogP contribution in [0.25, 0.3) is 0 Å². The number of aromatic carboxylic acids is 1. The Bertz CT molecular complexity index is 1210. The molecule has 34 heavy (non-hydrogen) atoms. The number of carboxylic acids is 1. The molecule has 2 amide bonds. The predicted octanol–water partition coefficient (Wildman–Crippen LogP) is 0.959. The van der Waals surface area contributed by atoms with Gasteiger partial charge < -0.3 is 24.2 Å². The summed E-state index contributed by atoms with van der Waals surface area (Å²) in [6.07, 6.45) is 0.622. The zero-order valence-corrected chi connectivity index (χ0v) is 20.3. The highest BCUT2D eigenvalue weighted by atomic mass is 32.2. The van der Waals surface area contributed by atoms with Gasteiger partial charge in [-0.25, -0.2) is 18.0 Å². The number of nitrogens with zero attached hydrogens (tertiary/aromatic N) is 3. The second-order valence-corrected chi connectivity index (χ2v) is 12.8. The van der Waals surface area contributed by atoms with E-state index in [-0.39, 0.29) is 31.9 Å². The van der Waals surface area contributed by atoms with Crippen LogP contribution in [0.2, 0.25) is 0 Å². The van der Waals surface area contributed by atoms with Gasteiger partial charge in [-0.3, -0.25) is 9.59 Å². The summed E-state index contributed by atoms with van der Waals surface area (Å²) in [5, 5.41) is 8.41. The number of ether oxygens (including phenoxy) is 1. The van der Waals surface area contributed by atoms with Crippen molar-refractivity contribution in [2.45, 2.75) is 62.2 Å². The van der Waals surface area contributed by atoms with Crippen LogP contribution in [0, 0.1) is 0 Å². The average Bonchev–Trinajstić information content (AvgIpc) is 3.34. The molecular weight excluding hydrogens is 466 g/mol. The minimum Gasteiger partial charge on any atom is -0.477 e. The van der Waals surface area contributed by atoms with Crippen molar-refractivity contribution in [1.29, 1.82) is 0 Å². The number of hydrogen-bond acceptors (Lipinski definition) is 7. The van der Waals surface area contributed by atoms with Crippen molar-refractivity contribution in [1.82, 2.24) is 14.4 Å². The lowest BCUT2D eigenvalue weighted by Crippen LogP contribution is -2.51. The topological polar surface area (TPSA) is 143 Å². The molecule has 1 atom stereocenters. The molecule has 1 aromatic rings. The molecule has 1 aromatic heterocycles. The van der Waals surface area contributed by atoms with Gasteiger partial charge in [-0.15, -0.1) is 0 Å². The van der Waals surface area contributed by atoms with Gasteiger partial charge >= 0.3 is 12.1 Å². The van der Waals surface area contributed by atoms with Crippen LogP contribution in [0.15, 0.2) is 16.9 Å². The zero-order chi connectivity index (χ0) is 25.1. The molecule has 11 nitrogen and oxygen atoms in total. The first-order valence-electron chi connectivity index (χ1n) is 11.2. The summed E-state index contributed by atoms with van der Waals surface area (Å²) in [5.74, 6) is -1.86. The maximum absolute atomic E-state index is 13.5. The number of sulfone groups is 1. The monoisotopic (exact) mass is 495 g/mol. The van der Waals surface area contributed by atoms with Crippen LogP contribution in [0.1, 0.15) is 60.9 Å². The van der Waals surface area contributed by atoms with Crippen molar-refractivity contribution in [3.05, 3.63) is 33.7 Å². The van der Waals surface area contributed by atoms with Gasteiger partial charge in [0.15, 0.2) is 9.84 Å². The molecule has 3 heterocycles. The minimum atomic E-state index is -3.65. The van der Waals surface area contributed by atoms with Gasteiger partial charge in [0.2, 0.25) is 0 Å². The normalized spacial score (nSPS) is 21.9. The van der Waals surface area contributed by atoms with E-state index in [0.29, 0.717) is 25.8 Å². The zero-order valence-electron chi connectivity index (χ0n) is 19.4. The fraction of sp³-hybridized carbons (Fsp3) is 0.636. The summed E-state index contributed by atoms with van der Waals surface area (Å²) >= 11 is 0. The smallest absolute Gasteiger partial charge is 0.410 e. The van der Waals surface area contributed by atoms with Gasteiger partial charge in [-0.05, 0) is 52.2 Å². The Kier molecular flexibility index (Phi) is 5.78. The predicted molar refractivity (Wildman–Crippen MR) is 121 cm³/mol. The van der Waals surface area contributed by atoms with Crippen molar-refractivity contribution in [2.75, 3.05) is 26.2 Å². The number of amides is 2. The third kappa shape index (κ3) is 4.19. The van der Waals surface area contributed by atoms with Crippen molar-refractivity contribution < 1.29 is 32.6 Å². The molecule has 0 radical (unpaired) electrons. The number of fused-ring (bicyclic) bond motifs is 1. The molecule has 2 fully saturated rings. The number of carboxylic acid groups (broad SMARTS) is 1. The van der Waals surface area contributed by atoms with E-state index in [1.165, 1.54) is 15.9 Å². The minimum absolute atomic E-state index is 0.00593. The van der Waals surface area contributed by atoms with E-state index in [2.05, 4.69) is 0 Å². The summed E-state index contributed by atoms with van der Waals surface area (Å²) in [6, 6.07) is 2.40. The van der Waals surface area contributed by atoms with Crippen LogP contribution in [0.5, 0.6) is 0 Å². The van der Waals surface area contributed by atoms with Crippen molar-refractivity contribution in [2.24, 2.45) is 0 Å². The molecule has 0 bridgehead atoms. The molecule has 2 aliphatic heterocycles. The Labute approximate surface area is 197 Å². The number of carbonyl (C=O) groups is 3. The first-order valence-corrected chi connectivity index (χ1v) is 12.8. The first-order chi connectivity index (χ1) is 15.8. The third-order valence-electron chi connectivity index (χ3n) is 6.63. The third-order valence-corrected chi connectivity index (χ3v) is 9.64. The molecule has 1 unspecified atom stereocenters. The molecule has 0 spiro atoms. The van der Waals surface area contributed by atoms with Gasteiger partial charge in [0.1, 0.15) is 16.9 Å². The van der Waals surface area contributed by atoms with E-state index in [1.807, 2.05) is 0 Å². The fourth-order valence-corrected chi connectivity index (χ4v) is 7.14. The highest BCUT2D eigenvalue weighted by Crippen LogP contribution is 2.47. The lowest BCUT2D eigenvalue weighted by atomic mass is 10.1. The van der Waals surface area contributed by atoms with E-state index >= 15 is 0 Å². The molecule has 1 aliphatic carbocycles. The number of likely N-dealkylation sites (tertiary alicyclic amines) is 1. The lowest BCUT2D eigenvalue weighted by molar-refractivity contribution is 0.0295. The first kappa shape index (κ1) is 24.2. The van der Waals surface area contributed by atoms with Crippen LogP contribution in [-0.4, -0.2) is 87.6 Å². The second kappa shape index (κ2) is 8.10. The van der Waals surface area contributed by atoms with Gasteiger partial charge in [0, 0.05) is 32.7 Å². The maximum atomic E-state index is 13.5.